The summed E-state index contributed by atoms with van der Waals surface area (Å²) in [5, 5.41) is 9.14. The van der Waals surface area contributed by atoms with Crippen molar-refractivity contribution in [2.45, 2.75) is 13.0 Å². The Bertz CT molecular complexity index is 400. The van der Waals surface area contributed by atoms with Crippen LogP contribution in [0.3, 0.4) is 0 Å². The third kappa shape index (κ3) is 2.15. The molecule has 0 bridgehead atoms. The second-order valence-corrected chi connectivity index (χ2v) is 5.01. The van der Waals surface area contributed by atoms with Crippen molar-refractivity contribution in [1.29, 1.82) is 0 Å². The van der Waals surface area contributed by atoms with Crippen LogP contribution in [0.25, 0.3) is 0 Å². The number of aliphatic hydroxyl groups excluding tert-OH is 1. The monoisotopic (exact) mass is 317 g/mol. The first-order valence-corrected chi connectivity index (χ1v) is 5.89. The molecule has 0 aromatic heterocycles. The number of halogens is 1. The average molecular weight is 317 g/mol. The van der Waals surface area contributed by atoms with E-state index in [0.29, 0.717) is 13.1 Å². The van der Waals surface area contributed by atoms with Gasteiger partial charge in [0, 0.05) is 16.7 Å². The Labute approximate surface area is 102 Å². The number of benzene rings is 1. The van der Waals surface area contributed by atoms with Crippen LogP contribution in [0.5, 0.6) is 0 Å². The highest BCUT2D eigenvalue weighted by Crippen LogP contribution is 2.19. The average Bonchev–Trinajstić information content (AvgIpc) is 2.16. The highest BCUT2D eigenvalue weighted by molar-refractivity contribution is 14.1. The number of nitrogens with zero attached hydrogens (tertiary/aromatic N) is 1. The fourth-order valence-electron chi connectivity index (χ4n) is 1.59. The van der Waals surface area contributed by atoms with E-state index in [4.69, 9.17) is 5.11 Å². The van der Waals surface area contributed by atoms with Crippen LogP contribution in [0.2, 0.25) is 0 Å². The van der Waals surface area contributed by atoms with Crippen molar-refractivity contribution < 1.29 is 9.90 Å². The Morgan fingerprint density at radius 1 is 1.53 bits per heavy atom. The van der Waals surface area contributed by atoms with Gasteiger partial charge in [0.1, 0.15) is 0 Å². The molecular formula is C11H12INO2. The third-order valence-corrected chi connectivity index (χ3v) is 3.44. The van der Waals surface area contributed by atoms with Crippen molar-refractivity contribution in [2.75, 3.05) is 13.1 Å². The summed E-state index contributed by atoms with van der Waals surface area (Å²) in [5.74, 6) is 0.0217. The normalized spacial score (nSPS) is 16.3. The van der Waals surface area contributed by atoms with Gasteiger partial charge in [-0.2, -0.15) is 0 Å². The summed E-state index contributed by atoms with van der Waals surface area (Å²) < 4.78 is 0.963. The molecule has 1 amide bonds. The molecule has 0 atom stereocenters. The molecule has 0 aliphatic carbocycles. The van der Waals surface area contributed by atoms with E-state index in [2.05, 4.69) is 22.6 Å². The molecule has 0 unspecified atom stereocenters. The molecule has 1 aromatic carbocycles. The quantitative estimate of drug-likeness (QED) is 0.796. The van der Waals surface area contributed by atoms with Crippen molar-refractivity contribution in [2.24, 2.45) is 0 Å². The molecule has 0 saturated carbocycles. The minimum absolute atomic E-state index is 0.0217. The van der Waals surface area contributed by atoms with Crippen LogP contribution in [0.4, 0.5) is 0 Å². The number of hydrogen-bond acceptors (Lipinski definition) is 2. The first-order valence-electron chi connectivity index (χ1n) is 4.81. The summed E-state index contributed by atoms with van der Waals surface area (Å²) in [6.45, 7) is 2.89. The van der Waals surface area contributed by atoms with E-state index >= 15 is 0 Å². The minimum Gasteiger partial charge on any atom is -0.389 e. The number of rotatable bonds is 1. The summed E-state index contributed by atoms with van der Waals surface area (Å²) in [6, 6.07) is 5.83. The summed E-state index contributed by atoms with van der Waals surface area (Å²) in [7, 11) is 0. The summed E-state index contributed by atoms with van der Waals surface area (Å²) >= 11 is 2.16. The van der Waals surface area contributed by atoms with E-state index < -0.39 is 0 Å². The van der Waals surface area contributed by atoms with Gasteiger partial charge in [-0.1, -0.05) is 11.6 Å². The Kier molecular flexibility index (Phi) is 2.97. The molecule has 0 radical (unpaired) electrons. The topological polar surface area (TPSA) is 40.5 Å². The summed E-state index contributed by atoms with van der Waals surface area (Å²) in [4.78, 5) is 13.6. The molecule has 1 aliphatic heterocycles. The van der Waals surface area contributed by atoms with Gasteiger partial charge in [-0.05, 0) is 41.6 Å². The predicted octanol–water partition coefficient (Wildman–Crippen LogP) is 1.42. The Balaban J connectivity index is 2.22. The molecule has 3 nitrogen and oxygen atoms in total. The second kappa shape index (κ2) is 4.09. The zero-order chi connectivity index (χ0) is 11.0. The van der Waals surface area contributed by atoms with Crippen LogP contribution < -0.4 is 0 Å². The second-order valence-electron chi connectivity index (χ2n) is 3.85. The van der Waals surface area contributed by atoms with E-state index in [1.807, 2.05) is 25.1 Å². The summed E-state index contributed by atoms with van der Waals surface area (Å²) in [5.41, 5.74) is 1.82. The number of hydrogen-bond donors (Lipinski definition) is 1. The maximum atomic E-state index is 12.0. The smallest absolute Gasteiger partial charge is 0.255 e. The molecule has 1 aromatic rings. The zero-order valence-corrected chi connectivity index (χ0v) is 10.6. The van der Waals surface area contributed by atoms with Crippen molar-refractivity contribution in [3.05, 3.63) is 32.9 Å². The van der Waals surface area contributed by atoms with E-state index in [1.54, 1.807) is 4.90 Å². The van der Waals surface area contributed by atoms with Crippen LogP contribution in [0.1, 0.15) is 15.9 Å². The number of aryl methyl sites for hydroxylation is 1. The lowest BCUT2D eigenvalue weighted by Gasteiger charge is -2.36. The maximum Gasteiger partial charge on any atom is 0.255 e. The molecule has 1 saturated heterocycles. The molecule has 15 heavy (non-hydrogen) atoms. The van der Waals surface area contributed by atoms with E-state index in [9.17, 15) is 4.79 Å². The van der Waals surface area contributed by atoms with Crippen molar-refractivity contribution in [3.63, 3.8) is 0 Å². The molecule has 1 N–H and O–H groups in total. The predicted molar refractivity (Wildman–Crippen MR) is 65.8 cm³/mol. The van der Waals surface area contributed by atoms with E-state index in [1.165, 1.54) is 0 Å². The standard InChI is InChI=1S/C11H12INO2/c1-7-2-3-10(12)9(4-7)11(15)13-5-8(14)6-13/h2-4,8,14H,5-6H2,1H3. The van der Waals surface area contributed by atoms with Crippen molar-refractivity contribution in [3.8, 4) is 0 Å². The Hall–Kier alpha value is -0.620. The molecule has 0 spiro atoms. The van der Waals surface area contributed by atoms with E-state index in [0.717, 1.165) is 14.7 Å². The SMILES string of the molecule is Cc1ccc(I)c(C(=O)N2CC(O)C2)c1. The van der Waals surface area contributed by atoms with Crippen LogP contribution in [0.15, 0.2) is 18.2 Å². The lowest BCUT2D eigenvalue weighted by atomic mass is 10.1. The highest BCUT2D eigenvalue weighted by atomic mass is 127. The molecule has 4 heteroatoms. The van der Waals surface area contributed by atoms with Gasteiger partial charge in [0.05, 0.1) is 11.7 Å². The number of β-amino-alcohol motifs (C(OH)–C–C–N with tert-alkyl or cyclic N) is 1. The van der Waals surface area contributed by atoms with Gasteiger partial charge in [0.25, 0.3) is 5.91 Å². The highest BCUT2D eigenvalue weighted by Gasteiger charge is 2.30. The van der Waals surface area contributed by atoms with Crippen molar-refractivity contribution >= 4 is 28.5 Å². The van der Waals surface area contributed by atoms with Gasteiger partial charge in [-0.25, -0.2) is 0 Å². The number of carbonyl (C=O) groups is 1. The van der Waals surface area contributed by atoms with E-state index in [-0.39, 0.29) is 12.0 Å². The van der Waals surface area contributed by atoms with Crippen LogP contribution in [-0.4, -0.2) is 35.1 Å². The number of likely N-dealkylation sites (tertiary alicyclic amines) is 1. The lowest BCUT2D eigenvalue weighted by molar-refractivity contribution is 0.00582. The summed E-state index contributed by atoms with van der Waals surface area (Å²) in [6.07, 6.45) is -0.337. The van der Waals surface area contributed by atoms with Gasteiger partial charge in [0.15, 0.2) is 0 Å². The maximum absolute atomic E-state index is 12.0. The zero-order valence-electron chi connectivity index (χ0n) is 8.40. The Morgan fingerprint density at radius 3 is 2.80 bits per heavy atom. The minimum atomic E-state index is -0.337. The fourth-order valence-corrected chi connectivity index (χ4v) is 2.16. The van der Waals surface area contributed by atoms with Crippen LogP contribution in [0, 0.1) is 10.5 Å². The number of carbonyl (C=O) groups excluding carboxylic acids is 1. The molecular weight excluding hydrogens is 305 g/mol. The van der Waals surface area contributed by atoms with Crippen molar-refractivity contribution in [1.82, 2.24) is 4.90 Å². The van der Waals surface area contributed by atoms with Gasteiger partial charge in [-0.15, -0.1) is 0 Å². The number of aliphatic hydroxyl groups is 1. The molecule has 80 valence electrons. The molecule has 2 rings (SSSR count). The van der Waals surface area contributed by atoms with Gasteiger partial charge < -0.3 is 10.0 Å². The van der Waals surface area contributed by atoms with Crippen LogP contribution in [-0.2, 0) is 0 Å². The largest absolute Gasteiger partial charge is 0.389 e. The first-order chi connectivity index (χ1) is 7.08. The fraction of sp³-hybridized carbons (Fsp3) is 0.364. The van der Waals surface area contributed by atoms with Crippen LogP contribution >= 0.6 is 22.6 Å². The third-order valence-electron chi connectivity index (χ3n) is 2.50. The first kappa shape index (κ1) is 10.9. The van der Waals surface area contributed by atoms with Gasteiger partial charge >= 0.3 is 0 Å². The Morgan fingerprint density at radius 2 is 2.20 bits per heavy atom. The molecule has 1 heterocycles. The number of amides is 1. The molecule has 1 aliphatic rings. The molecule has 1 fully saturated rings. The lowest BCUT2D eigenvalue weighted by Crippen LogP contribution is -2.53. The van der Waals surface area contributed by atoms with Gasteiger partial charge in [-0.3, -0.25) is 4.79 Å². The van der Waals surface area contributed by atoms with Gasteiger partial charge in [0.2, 0.25) is 0 Å².